The molecule has 0 saturated carbocycles. The number of anilines is 1. The fourth-order valence-electron chi connectivity index (χ4n) is 2.69. The number of amidine groups is 1. The summed E-state index contributed by atoms with van der Waals surface area (Å²) in [7, 11) is 0. The van der Waals surface area contributed by atoms with E-state index in [-0.39, 0.29) is 37.4 Å². The topological polar surface area (TPSA) is 163 Å². The maximum absolute atomic E-state index is 11.9. The van der Waals surface area contributed by atoms with Crippen LogP contribution in [-0.2, 0) is 30.4 Å². The van der Waals surface area contributed by atoms with E-state index < -0.39 is 17.8 Å². The molecule has 0 aliphatic heterocycles. The van der Waals surface area contributed by atoms with Crippen LogP contribution in [0.25, 0.3) is 0 Å². The van der Waals surface area contributed by atoms with Gasteiger partial charge in [0.15, 0.2) is 0 Å². The van der Waals surface area contributed by atoms with E-state index in [0.29, 0.717) is 24.2 Å². The second-order valence-electron chi connectivity index (χ2n) is 7.12. The molecule has 0 saturated heterocycles. The predicted octanol–water partition coefficient (Wildman–Crippen LogP) is 1.40. The highest BCUT2D eigenvalue weighted by Gasteiger charge is 2.12. The smallest absolute Gasteiger partial charge is 0.332 e. The van der Waals surface area contributed by atoms with Crippen molar-refractivity contribution < 1.29 is 24.0 Å². The van der Waals surface area contributed by atoms with E-state index in [1.807, 2.05) is 35.8 Å². The summed E-state index contributed by atoms with van der Waals surface area (Å²) in [5, 5.41) is 12.6. The molecular formula is C23H27N5O5. The number of rotatable bonds is 11. The Labute approximate surface area is 191 Å². The number of carbonyl (C=O) groups is 4. The summed E-state index contributed by atoms with van der Waals surface area (Å²) in [6, 6.07) is 16.0. The molecular weight excluding hydrogens is 426 g/mol. The molecule has 6 N–H and O–H groups in total. The molecule has 0 fully saturated rings. The Hall–Kier alpha value is -4.21. The van der Waals surface area contributed by atoms with Crippen molar-refractivity contribution in [2.75, 3.05) is 11.9 Å². The van der Waals surface area contributed by atoms with Crippen molar-refractivity contribution in [3.63, 3.8) is 0 Å². The number of hydrogen-bond donors (Lipinski definition) is 5. The van der Waals surface area contributed by atoms with Crippen LogP contribution in [0.1, 0.15) is 36.8 Å². The molecule has 0 spiro atoms. The van der Waals surface area contributed by atoms with Crippen LogP contribution < -0.4 is 21.8 Å². The summed E-state index contributed by atoms with van der Waals surface area (Å²) in [5.74, 6) is -2.17. The summed E-state index contributed by atoms with van der Waals surface area (Å²) in [4.78, 5) is 51.8. The lowest BCUT2D eigenvalue weighted by Crippen LogP contribution is -2.29. The number of nitrogens with two attached hydrogens (primary N) is 1. The van der Waals surface area contributed by atoms with Gasteiger partial charge in [-0.15, -0.1) is 0 Å². The summed E-state index contributed by atoms with van der Waals surface area (Å²) >= 11 is 0. The van der Waals surface area contributed by atoms with Crippen LogP contribution in [-0.4, -0.2) is 36.1 Å². The Morgan fingerprint density at radius 3 is 2.12 bits per heavy atom. The lowest BCUT2D eigenvalue weighted by Gasteiger charge is -2.08. The maximum Gasteiger partial charge on any atom is 0.332 e. The summed E-state index contributed by atoms with van der Waals surface area (Å²) in [6.07, 6.45) is 0.124. The molecule has 10 heteroatoms. The number of hydroxylamine groups is 1. The molecule has 0 aliphatic rings. The third-order valence-corrected chi connectivity index (χ3v) is 4.47. The number of amides is 3. The van der Waals surface area contributed by atoms with E-state index in [1.165, 1.54) is 0 Å². The molecule has 10 nitrogen and oxygen atoms in total. The molecule has 0 heterocycles. The minimum absolute atomic E-state index is 0.0612. The zero-order valence-electron chi connectivity index (χ0n) is 18.1. The van der Waals surface area contributed by atoms with Gasteiger partial charge in [-0.3, -0.25) is 19.8 Å². The quantitative estimate of drug-likeness (QED) is 0.196. The molecule has 0 atom stereocenters. The van der Waals surface area contributed by atoms with Crippen LogP contribution in [0.3, 0.4) is 0 Å². The first-order valence-electron chi connectivity index (χ1n) is 10.4. The molecule has 174 valence electrons. The van der Waals surface area contributed by atoms with E-state index in [4.69, 9.17) is 11.1 Å². The highest BCUT2D eigenvalue weighted by atomic mass is 16.7. The summed E-state index contributed by atoms with van der Waals surface area (Å²) in [6.45, 7) is 0.456. The Kier molecular flexibility index (Phi) is 10.1. The molecule has 0 radical (unpaired) electrons. The average molecular weight is 453 g/mol. The third-order valence-electron chi connectivity index (χ3n) is 4.47. The van der Waals surface area contributed by atoms with E-state index in [1.54, 1.807) is 24.3 Å². The van der Waals surface area contributed by atoms with Crippen molar-refractivity contribution in [1.82, 2.24) is 10.8 Å². The predicted molar refractivity (Wildman–Crippen MR) is 122 cm³/mol. The highest BCUT2D eigenvalue weighted by molar-refractivity contribution is 5.96. The second kappa shape index (κ2) is 13.3. The van der Waals surface area contributed by atoms with Crippen LogP contribution in [0.5, 0.6) is 0 Å². The first-order valence-corrected chi connectivity index (χ1v) is 10.4. The Balaban J connectivity index is 1.55. The zero-order chi connectivity index (χ0) is 24.1. The lowest BCUT2D eigenvalue weighted by molar-refractivity contribution is -0.158. The fraction of sp³-hybridized carbons (Fsp3) is 0.261. The van der Waals surface area contributed by atoms with Crippen molar-refractivity contribution in [3.05, 3.63) is 65.7 Å². The molecule has 0 unspecified atom stereocenters. The Morgan fingerprint density at radius 2 is 1.45 bits per heavy atom. The SMILES string of the molecule is N=C(N)c1ccc(NC(=O)CCC(=O)NOC(=O)CCC(=O)NCCc2ccccc2)cc1. The van der Waals surface area contributed by atoms with Gasteiger partial charge in [-0.25, -0.2) is 4.79 Å². The first kappa shape index (κ1) is 25.1. The van der Waals surface area contributed by atoms with E-state index in [9.17, 15) is 19.2 Å². The van der Waals surface area contributed by atoms with Crippen LogP contribution in [0.2, 0.25) is 0 Å². The minimum atomic E-state index is -0.753. The molecule has 0 bridgehead atoms. The van der Waals surface area contributed by atoms with Gasteiger partial charge in [-0.1, -0.05) is 30.3 Å². The zero-order valence-corrected chi connectivity index (χ0v) is 18.1. The molecule has 2 aromatic carbocycles. The van der Waals surface area contributed by atoms with Crippen molar-refractivity contribution in [3.8, 4) is 0 Å². The van der Waals surface area contributed by atoms with E-state index in [0.717, 1.165) is 5.56 Å². The van der Waals surface area contributed by atoms with Crippen molar-refractivity contribution in [2.45, 2.75) is 32.1 Å². The monoisotopic (exact) mass is 453 g/mol. The third kappa shape index (κ3) is 10.1. The number of hydrogen-bond acceptors (Lipinski definition) is 6. The summed E-state index contributed by atoms with van der Waals surface area (Å²) < 4.78 is 0. The van der Waals surface area contributed by atoms with Crippen LogP contribution in [0, 0.1) is 5.41 Å². The van der Waals surface area contributed by atoms with Gasteiger partial charge in [0.1, 0.15) is 5.84 Å². The highest BCUT2D eigenvalue weighted by Crippen LogP contribution is 2.10. The molecule has 0 aliphatic carbocycles. The minimum Gasteiger partial charge on any atom is -0.384 e. The van der Waals surface area contributed by atoms with Crippen LogP contribution in [0.15, 0.2) is 54.6 Å². The van der Waals surface area contributed by atoms with Gasteiger partial charge in [0.05, 0.1) is 6.42 Å². The van der Waals surface area contributed by atoms with Gasteiger partial charge in [0, 0.05) is 37.1 Å². The number of nitrogen functional groups attached to an aromatic ring is 1. The Morgan fingerprint density at radius 1 is 0.818 bits per heavy atom. The van der Waals surface area contributed by atoms with Gasteiger partial charge in [0.2, 0.25) is 11.8 Å². The van der Waals surface area contributed by atoms with E-state index >= 15 is 0 Å². The first-order chi connectivity index (χ1) is 15.8. The molecule has 3 amide bonds. The van der Waals surface area contributed by atoms with Crippen molar-refractivity contribution in [1.29, 1.82) is 5.41 Å². The normalized spacial score (nSPS) is 10.1. The number of benzene rings is 2. The maximum atomic E-state index is 11.9. The number of carbonyl (C=O) groups excluding carboxylic acids is 4. The van der Waals surface area contributed by atoms with Gasteiger partial charge < -0.3 is 21.2 Å². The lowest BCUT2D eigenvalue weighted by atomic mass is 10.1. The fourth-order valence-corrected chi connectivity index (χ4v) is 2.69. The molecule has 2 rings (SSSR count). The number of nitrogens with one attached hydrogen (secondary N) is 4. The molecule has 0 aromatic heterocycles. The van der Waals surface area contributed by atoms with Gasteiger partial charge in [-0.05, 0) is 36.2 Å². The van der Waals surface area contributed by atoms with Crippen LogP contribution in [0.4, 0.5) is 5.69 Å². The Bertz CT molecular complexity index is 976. The van der Waals surface area contributed by atoms with Crippen molar-refractivity contribution >= 4 is 35.2 Å². The second-order valence-corrected chi connectivity index (χ2v) is 7.12. The molecule has 2 aromatic rings. The van der Waals surface area contributed by atoms with Gasteiger partial charge in [-0.2, -0.15) is 5.48 Å². The molecule has 33 heavy (non-hydrogen) atoms. The largest absolute Gasteiger partial charge is 0.384 e. The average Bonchev–Trinajstić information content (AvgIpc) is 2.81. The van der Waals surface area contributed by atoms with Gasteiger partial charge >= 0.3 is 5.97 Å². The standard InChI is InChI=1S/C23H27N5O5/c24-23(25)17-6-8-18(9-7-17)27-20(30)10-11-21(31)28-33-22(32)13-12-19(29)26-15-14-16-4-2-1-3-5-16/h1-9H,10-15H2,(H3,24,25)(H,26,29)(H,27,30)(H,28,31). The summed E-state index contributed by atoms with van der Waals surface area (Å²) in [5.41, 5.74) is 9.46. The van der Waals surface area contributed by atoms with Gasteiger partial charge in [0.25, 0.3) is 5.91 Å². The van der Waals surface area contributed by atoms with E-state index in [2.05, 4.69) is 15.5 Å². The van der Waals surface area contributed by atoms with Crippen molar-refractivity contribution in [2.24, 2.45) is 5.73 Å². The van der Waals surface area contributed by atoms with Crippen LogP contribution >= 0.6 is 0 Å².